The number of carbonyl (C=O) groups is 4. The lowest BCUT2D eigenvalue weighted by Crippen LogP contribution is -2.61. The fraction of sp³-hybridized carbons (Fsp3) is 0.785. The van der Waals surface area contributed by atoms with Crippen molar-refractivity contribution >= 4 is 23.9 Å². The molecule has 1 saturated heterocycles. The van der Waals surface area contributed by atoms with Gasteiger partial charge in [-0.25, -0.2) is 4.79 Å². The molecule has 1 rings (SSSR count). The van der Waals surface area contributed by atoms with Crippen LogP contribution in [0.4, 0.5) is 0 Å². The summed E-state index contributed by atoms with van der Waals surface area (Å²) in [5.41, 5.74) is 0. The fourth-order valence-electron chi connectivity index (χ4n) is 9.30. The van der Waals surface area contributed by atoms with E-state index in [-0.39, 0.29) is 25.9 Å². The summed E-state index contributed by atoms with van der Waals surface area (Å²) in [7, 11) is 0. The average molecular weight is 1090 g/mol. The number of hydrogen-bond donors (Lipinski definition) is 3. The summed E-state index contributed by atoms with van der Waals surface area (Å²) in [4.78, 5) is 51.2. The second-order valence-electron chi connectivity index (χ2n) is 21.3. The van der Waals surface area contributed by atoms with Gasteiger partial charge >= 0.3 is 23.9 Å². The van der Waals surface area contributed by atoms with E-state index in [0.717, 1.165) is 77.0 Å². The van der Waals surface area contributed by atoms with E-state index in [9.17, 15) is 34.5 Å². The van der Waals surface area contributed by atoms with Crippen molar-refractivity contribution in [1.29, 1.82) is 0 Å². The molecule has 6 atom stereocenters. The van der Waals surface area contributed by atoms with Gasteiger partial charge in [0.15, 0.2) is 24.6 Å². The number of aliphatic carboxylic acids is 1. The van der Waals surface area contributed by atoms with Crippen LogP contribution in [0.25, 0.3) is 0 Å². The minimum atomic E-state index is -1.92. The number of ether oxygens (including phenoxy) is 5. The Balaban J connectivity index is 2.69. The van der Waals surface area contributed by atoms with Crippen LogP contribution in [0.15, 0.2) is 60.8 Å². The second kappa shape index (κ2) is 53.1. The first-order chi connectivity index (χ1) is 37.6. The molecule has 0 amide bonds. The van der Waals surface area contributed by atoms with Crippen LogP contribution < -0.4 is 0 Å². The summed E-state index contributed by atoms with van der Waals surface area (Å²) in [6.45, 7) is 5.88. The highest BCUT2D eigenvalue weighted by Gasteiger charge is 2.50. The molecule has 6 unspecified atom stereocenters. The molecule has 0 radical (unpaired) electrons. The van der Waals surface area contributed by atoms with Gasteiger partial charge in [0.2, 0.25) is 0 Å². The van der Waals surface area contributed by atoms with E-state index in [0.29, 0.717) is 25.7 Å². The predicted molar refractivity (Wildman–Crippen MR) is 312 cm³/mol. The molecule has 77 heavy (non-hydrogen) atoms. The van der Waals surface area contributed by atoms with Crippen molar-refractivity contribution < 1.29 is 58.2 Å². The van der Waals surface area contributed by atoms with E-state index < -0.39 is 67.3 Å². The molecule has 12 nitrogen and oxygen atoms in total. The summed E-state index contributed by atoms with van der Waals surface area (Å²) < 4.78 is 28.4. The van der Waals surface area contributed by atoms with Gasteiger partial charge in [0, 0.05) is 19.3 Å². The van der Waals surface area contributed by atoms with E-state index in [1.54, 1.807) is 0 Å². The standard InChI is InChI=1S/C65H112O12/c1-4-7-10-13-16-19-22-25-28-29-32-33-36-39-42-45-48-51-57(66)73-54-56(75-58(67)52-49-46-43-40-37-34-30-26-23-20-17-14-11-8-5-2)55-74-65-63(61(70)60(69)62(77-65)64(71)72)76-59(68)53-50-47-44-41-38-35-31-27-24-21-18-15-12-9-6-3/h9,12,18,21,25,27-28,31,38,41,56,60-63,65,69-70H,4-8,10-11,13-17,19-20,22-24,26,29-30,32-37,39-40,42-55H2,1-3H3,(H,71,72)/b12-9-,21-18-,28-25-,31-27-,41-38-. The maximum Gasteiger partial charge on any atom is 0.335 e. The molecule has 3 N–H and O–H groups in total. The number of allylic oxidation sites excluding steroid dienone is 10. The Kier molecular flexibility index (Phi) is 49.2. The van der Waals surface area contributed by atoms with Gasteiger partial charge in [0.05, 0.1) is 6.61 Å². The van der Waals surface area contributed by atoms with E-state index >= 15 is 0 Å². The largest absolute Gasteiger partial charge is 0.479 e. The number of hydrogen-bond acceptors (Lipinski definition) is 11. The molecule has 0 aromatic rings. The molecule has 1 heterocycles. The summed E-state index contributed by atoms with van der Waals surface area (Å²) in [6.07, 6.45) is 53.3. The number of carbonyl (C=O) groups excluding carboxylic acids is 3. The highest BCUT2D eigenvalue weighted by atomic mass is 16.7. The van der Waals surface area contributed by atoms with Gasteiger partial charge in [-0.2, -0.15) is 0 Å². The van der Waals surface area contributed by atoms with Crippen LogP contribution in [-0.2, 0) is 42.9 Å². The molecule has 1 fully saturated rings. The Bertz CT molecular complexity index is 1570. The third-order valence-corrected chi connectivity index (χ3v) is 14.1. The van der Waals surface area contributed by atoms with Crippen LogP contribution in [0.1, 0.15) is 278 Å². The van der Waals surface area contributed by atoms with Gasteiger partial charge in [-0.1, -0.05) is 236 Å². The lowest BCUT2D eigenvalue weighted by Gasteiger charge is -2.40. The molecular weight excluding hydrogens is 973 g/mol. The maximum atomic E-state index is 13.2. The number of aliphatic hydroxyl groups excluding tert-OH is 2. The Morgan fingerprint density at radius 3 is 1.29 bits per heavy atom. The quantitative estimate of drug-likeness (QED) is 0.0228. The van der Waals surface area contributed by atoms with Crippen molar-refractivity contribution in [3.63, 3.8) is 0 Å². The Labute approximate surface area is 468 Å². The number of rotatable bonds is 53. The average Bonchev–Trinajstić information content (AvgIpc) is 3.43. The summed E-state index contributed by atoms with van der Waals surface area (Å²) in [5.74, 6) is -3.16. The molecule has 0 aromatic carbocycles. The minimum absolute atomic E-state index is 0.00860. The first-order valence-corrected chi connectivity index (χ1v) is 31.3. The third-order valence-electron chi connectivity index (χ3n) is 14.1. The smallest absolute Gasteiger partial charge is 0.335 e. The van der Waals surface area contributed by atoms with Crippen LogP contribution in [0, 0.1) is 0 Å². The zero-order chi connectivity index (χ0) is 56.1. The van der Waals surface area contributed by atoms with E-state index in [2.05, 4.69) is 81.5 Å². The van der Waals surface area contributed by atoms with Crippen LogP contribution in [0.2, 0.25) is 0 Å². The van der Waals surface area contributed by atoms with Crippen LogP contribution in [0.5, 0.6) is 0 Å². The van der Waals surface area contributed by atoms with Crippen LogP contribution in [-0.4, -0.2) is 89.2 Å². The lowest BCUT2D eigenvalue weighted by atomic mass is 9.98. The SMILES string of the molecule is CC/C=C\C/C=C\C/C=C\C/C=C\CCCCC(=O)OC1C(OCC(COC(=O)CCCCCCCCC/C=C\CCCCCCCC)OC(=O)CCCCCCCCCCCCCCCCC)OC(C(=O)O)C(O)C1O. The Morgan fingerprint density at radius 1 is 0.442 bits per heavy atom. The van der Waals surface area contributed by atoms with Crippen molar-refractivity contribution in [2.45, 2.75) is 314 Å². The van der Waals surface area contributed by atoms with Gasteiger partial charge in [0.1, 0.15) is 18.8 Å². The zero-order valence-corrected chi connectivity index (χ0v) is 49.0. The van der Waals surface area contributed by atoms with Gasteiger partial charge in [-0.15, -0.1) is 0 Å². The summed E-state index contributed by atoms with van der Waals surface area (Å²) in [5, 5.41) is 31.5. The molecule has 1 aliphatic rings. The summed E-state index contributed by atoms with van der Waals surface area (Å²) >= 11 is 0. The minimum Gasteiger partial charge on any atom is -0.479 e. The third kappa shape index (κ3) is 43.0. The van der Waals surface area contributed by atoms with Crippen molar-refractivity contribution in [2.24, 2.45) is 0 Å². The van der Waals surface area contributed by atoms with Gasteiger partial charge < -0.3 is 39.0 Å². The number of carboxylic acids is 1. The molecule has 0 bridgehead atoms. The van der Waals surface area contributed by atoms with Crippen molar-refractivity contribution in [2.75, 3.05) is 13.2 Å². The normalized spacial score (nSPS) is 18.4. The van der Waals surface area contributed by atoms with E-state index in [1.807, 2.05) is 0 Å². The molecule has 0 spiro atoms. The monoisotopic (exact) mass is 1080 g/mol. The molecule has 444 valence electrons. The fourth-order valence-corrected chi connectivity index (χ4v) is 9.30. The van der Waals surface area contributed by atoms with Gasteiger partial charge in [-0.05, 0) is 83.5 Å². The molecular formula is C65H112O12. The zero-order valence-electron chi connectivity index (χ0n) is 49.0. The maximum absolute atomic E-state index is 13.2. The number of aliphatic hydroxyl groups is 2. The first-order valence-electron chi connectivity index (χ1n) is 31.3. The Morgan fingerprint density at radius 2 is 0.818 bits per heavy atom. The van der Waals surface area contributed by atoms with Crippen LogP contribution >= 0.6 is 0 Å². The lowest BCUT2D eigenvalue weighted by molar-refractivity contribution is -0.301. The second-order valence-corrected chi connectivity index (χ2v) is 21.3. The van der Waals surface area contributed by atoms with Crippen molar-refractivity contribution in [3.8, 4) is 0 Å². The highest BCUT2D eigenvalue weighted by molar-refractivity contribution is 5.74. The predicted octanol–water partition coefficient (Wildman–Crippen LogP) is 16.3. The topological polar surface area (TPSA) is 175 Å². The number of carboxylic acid groups (broad SMARTS) is 1. The highest BCUT2D eigenvalue weighted by Crippen LogP contribution is 2.26. The number of esters is 3. The van der Waals surface area contributed by atoms with Gasteiger partial charge in [-0.3, -0.25) is 14.4 Å². The van der Waals surface area contributed by atoms with E-state index in [1.165, 1.54) is 135 Å². The van der Waals surface area contributed by atoms with Crippen molar-refractivity contribution in [1.82, 2.24) is 0 Å². The van der Waals surface area contributed by atoms with E-state index in [4.69, 9.17) is 23.7 Å². The first kappa shape index (κ1) is 71.4. The Hall–Kier alpha value is -3.58. The summed E-state index contributed by atoms with van der Waals surface area (Å²) in [6, 6.07) is 0. The molecule has 0 aromatic heterocycles. The van der Waals surface area contributed by atoms with Gasteiger partial charge in [0.25, 0.3) is 0 Å². The molecule has 0 saturated carbocycles. The molecule has 0 aliphatic carbocycles. The van der Waals surface area contributed by atoms with Crippen molar-refractivity contribution in [3.05, 3.63) is 60.8 Å². The number of unbranched alkanes of at least 4 members (excludes halogenated alkanes) is 29. The van der Waals surface area contributed by atoms with Crippen LogP contribution in [0.3, 0.4) is 0 Å². The molecule has 1 aliphatic heterocycles. The molecule has 12 heteroatoms.